The number of carbonyl (C=O) groups is 1. The summed E-state index contributed by atoms with van der Waals surface area (Å²) in [4.78, 5) is 12.8. The van der Waals surface area contributed by atoms with Crippen molar-refractivity contribution in [2.24, 2.45) is 0 Å². The third-order valence-corrected chi connectivity index (χ3v) is 3.50. The molecule has 0 aliphatic rings. The summed E-state index contributed by atoms with van der Waals surface area (Å²) in [6.45, 7) is 3.72. The molecule has 0 radical (unpaired) electrons. The summed E-state index contributed by atoms with van der Waals surface area (Å²) >= 11 is 11.9. The predicted octanol–water partition coefficient (Wildman–Crippen LogP) is 3.29. The molecule has 0 aliphatic heterocycles. The lowest BCUT2D eigenvalue weighted by molar-refractivity contribution is -0.148. The quantitative estimate of drug-likeness (QED) is 0.917. The minimum Gasteiger partial charge on any atom is -0.480 e. The third-order valence-electron chi connectivity index (χ3n) is 2.89. The molecule has 0 unspecified atom stereocenters. The molecule has 0 aliphatic carbocycles. The van der Waals surface area contributed by atoms with Gasteiger partial charge >= 0.3 is 5.97 Å². The summed E-state index contributed by atoms with van der Waals surface area (Å²) in [6, 6.07) is 5.16. The second-order valence-corrected chi connectivity index (χ2v) is 5.30. The molecule has 94 valence electrons. The molecule has 1 aromatic rings. The number of benzene rings is 1. The SMILES string of the molecule is CN(Cc1cc(Cl)ccc1Cl)C(C)(C)C(=O)O. The maximum absolute atomic E-state index is 11.1. The number of halogens is 2. The second kappa shape index (κ2) is 5.25. The highest BCUT2D eigenvalue weighted by atomic mass is 35.5. The summed E-state index contributed by atoms with van der Waals surface area (Å²) in [7, 11) is 1.74. The van der Waals surface area contributed by atoms with E-state index >= 15 is 0 Å². The average molecular weight is 276 g/mol. The van der Waals surface area contributed by atoms with E-state index in [0.717, 1.165) is 5.56 Å². The fourth-order valence-electron chi connectivity index (χ4n) is 1.28. The van der Waals surface area contributed by atoms with Gasteiger partial charge in [-0.3, -0.25) is 9.69 Å². The largest absolute Gasteiger partial charge is 0.480 e. The summed E-state index contributed by atoms with van der Waals surface area (Å²) in [5, 5.41) is 10.3. The Bertz CT molecular complexity index is 433. The van der Waals surface area contributed by atoms with Crippen molar-refractivity contribution in [3.8, 4) is 0 Å². The fourth-order valence-corrected chi connectivity index (χ4v) is 1.65. The maximum Gasteiger partial charge on any atom is 0.323 e. The Morgan fingerprint density at radius 2 is 2.00 bits per heavy atom. The van der Waals surface area contributed by atoms with Crippen molar-refractivity contribution in [3.63, 3.8) is 0 Å². The maximum atomic E-state index is 11.1. The van der Waals surface area contributed by atoms with Crippen molar-refractivity contribution < 1.29 is 9.90 Å². The van der Waals surface area contributed by atoms with Gasteiger partial charge in [0.2, 0.25) is 0 Å². The molecule has 0 saturated heterocycles. The highest BCUT2D eigenvalue weighted by Gasteiger charge is 2.32. The number of nitrogens with zero attached hydrogens (tertiary/aromatic N) is 1. The van der Waals surface area contributed by atoms with Gasteiger partial charge in [0, 0.05) is 16.6 Å². The van der Waals surface area contributed by atoms with Crippen LogP contribution in [-0.4, -0.2) is 28.6 Å². The van der Waals surface area contributed by atoms with Crippen LogP contribution in [0.5, 0.6) is 0 Å². The molecule has 3 nitrogen and oxygen atoms in total. The van der Waals surface area contributed by atoms with Crippen molar-refractivity contribution >= 4 is 29.2 Å². The van der Waals surface area contributed by atoms with E-state index in [-0.39, 0.29) is 0 Å². The number of hydrogen-bond donors (Lipinski definition) is 1. The van der Waals surface area contributed by atoms with Crippen molar-refractivity contribution in [1.82, 2.24) is 4.90 Å². The Kier molecular flexibility index (Phi) is 4.42. The molecule has 0 atom stereocenters. The second-order valence-electron chi connectivity index (χ2n) is 4.46. The average Bonchev–Trinajstić information content (AvgIpc) is 2.23. The molecule has 1 aromatic carbocycles. The number of rotatable bonds is 4. The Hall–Kier alpha value is -0.770. The Morgan fingerprint density at radius 1 is 1.41 bits per heavy atom. The number of carboxylic acids is 1. The van der Waals surface area contributed by atoms with Gasteiger partial charge in [0.05, 0.1) is 0 Å². The van der Waals surface area contributed by atoms with Gasteiger partial charge in [-0.15, -0.1) is 0 Å². The zero-order chi connectivity index (χ0) is 13.2. The first-order valence-corrected chi connectivity index (χ1v) is 5.89. The van der Waals surface area contributed by atoms with E-state index in [1.807, 2.05) is 0 Å². The van der Waals surface area contributed by atoms with E-state index in [2.05, 4.69) is 0 Å². The molecular formula is C12H15Cl2NO2. The minimum atomic E-state index is -0.953. The first kappa shape index (κ1) is 14.3. The minimum absolute atomic E-state index is 0.429. The van der Waals surface area contributed by atoms with Crippen LogP contribution in [0, 0.1) is 0 Å². The van der Waals surface area contributed by atoms with Crippen LogP contribution in [0.25, 0.3) is 0 Å². The van der Waals surface area contributed by atoms with E-state index in [4.69, 9.17) is 28.3 Å². The lowest BCUT2D eigenvalue weighted by atomic mass is 10.0. The summed E-state index contributed by atoms with van der Waals surface area (Å²) in [6.07, 6.45) is 0. The molecule has 0 saturated carbocycles. The number of hydrogen-bond acceptors (Lipinski definition) is 2. The van der Waals surface area contributed by atoms with Gasteiger partial charge < -0.3 is 5.11 Å². The molecule has 5 heteroatoms. The monoisotopic (exact) mass is 275 g/mol. The zero-order valence-corrected chi connectivity index (χ0v) is 11.5. The van der Waals surface area contributed by atoms with E-state index in [9.17, 15) is 4.79 Å². The van der Waals surface area contributed by atoms with Gasteiger partial charge in [-0.2, -0.15) is 0 Å². The smallest absolute Gasteiger partial charge is 0.323 e. The highest BCUT2D eigenvalue weighted by Crippen LogP contribution is 2.24. The molecule has 0 spiro atoms. The normalized spacial score (nSPS) is 11.9. The fraction of sp³-hybridized carbons (Fsp3) is 0.417. The van der Waals surface area contributed by atoms with E-state index < -0.39 is 11.5 Å². The van der Waals surface area contributed by atoms with Crippen LogP contribution in [0.15, 0.2) is 18.2 Å². The van der Waals surface area contributed by atoms with E-state index in [1.54, 1.807) is 44.0 Å². The van der Waals surface area contributed by atoms with Gasteiger partial charge in [0.1, 0.15) is 5.54 Å². The first-order chi connectivity index (χ1) is 7.75. The predicted molar refractivity (Wildman–Crippen MR) is 69.6 cm³/mol. The molecule has 1 rings (SSSR count). The lowest BCUT2D eigenvalue weighted by Crippen LogP contribution is -2.47. The number of carboxylic acid groups (broad SMARTS) is 1. The standard InChI is InChI=1S/C12H15Cl2NO2/c1-12(2,11(16)17)15(3)7-8-6-9(13)4-5-10(8)14/h4-6H,7H2,1-3H3,(H,16,17). The highest BCUT2D eigenvalue weighted by molar-refractivity contribution is 6.33. The van der Waals surface area contributed by atoms with Crippen molar-refractivity contribution in [3.05, 3.63) is 33.8 Å². The van der Waals surface area contributed by atoms with Crippen LogP contribution < -0.4 is 0 Å². The van der Waals surface area contributed by atoms with Gasteiger partial charge in [-0.05, 0) is 44.7 Å². The molecule has 17 heavy (non-hydrogen) atoms. The van der Waals surface area contributed by atoms with Crippen LogP contribution in [-0.2, 0) is 11.3 Å². The molecule has 0 fully saturated rings. The van der Waals surface area contributed by atoms with Crippen molar-refractivity contribution in [2.75, 3.05) is 7.05 Å². The Balaban J connectivity index is 2.91. The summed E-state index contributed by atoms with van der Waals surface area (Å²) < 4.78 is 0. The van der Waals surface area contributed by atoms with Crippen molar-refractivity contribution in [1.29, 1.82) is 0 Å². The topological polar surface area (TPSA) is 40.5 Å². The lowest BCUT2D eigenvalue weighted by Gasteiger charge is -2.31. The molecule has 0 heterocycles. The van der Waals surface area contributed by atoms with Gasteiger partial charge in [0.25, 0.3) is 0 Å². The molecule has 0 amide bonds. The molecule has 1 N–H and O–H groups in total. The molecule has 0 bridgehead atoms. The molecular weight excluding hydrogens is 261 g/mol. The zero-order valence-electron chi connectivity index (χ0n) is 10.00. The van der Waals surface area contributed by atoms with Gasteiger partial charge in [-0.25, -0.2) is 0 Å². The Morgan fingerprint density at radius 3 is 2.53 bits per heavy atom. The first-order valence-electron chi connectivity index (χ1n) is 5.13. The van der Waals surface area contributed by atoms with E-state index in [0.29, 0.717) is 16.6 Å². The third kappa shape index (κ3) is 3.35. The number of likely N-dealkylation sites (N-methyl/N-ethyl adjacent to an activating group) is 1. The van der Waals surface area contributed by atoms with E-state index in [1.165, 1.54) is 0 Å². The molecule has 0 aromatic heterocycles. The van der Waals surface area contributed by atoms with Crippen LogP contribution in [0.2, 0.25) is 10.0 Å². The van der Waals surface area contributed by atoms with Crippen LogP contribution in [0.1, 0.15) is 19.4 Å². The van der Waals surface area contributed by atoms with Crippen LogP contribution >= 0.6 is 23.2 Å². The van der Waals surface area contributed by atoms with Crippen LogP contribution in [0.4, 0.5) is 0 Å². The van der Waals surface area contributed by atoms with Gasteiger partial charge in [-0.1, -0.05) is 23.2 Å². The number of aliphatic carboxylic acids is 1. The van der Waals surface area contributed by atoms with Crippen LogP contribution in [0.3, 0.4) is 0 Å². The van der Waals surface area contributed by atoms with Gasteiger partial charge in [0.15, 0.2) is 0 Å². The summed E-state index contributed by atoms with van der Waals surface area (Å²) in [5.74, 6) is -0.877. The summed E-state index contributed by atoms with van der Waals surface area (Å²) in [5.41, 5.74) is -0.137. The Labute approximate surface area is 111 Å². The van der Waals surface area contributed by atoms with Crippen molar-refractivity contribution in [2.45, 2.75) is 25.9 Å².